The smallest absolute Gasteiger partial charge is 0.259 e. The van der Waals surface area contributed by atoms with Crippen LogP contribution < -0.4 is 10.2 Å². The molecular weight excluding hydrogens is 390 g/mol. The lowest BCUT2D eigenvalue weighted by atomic mass is 10.1. The van der Waals surface area contributed by atoms with Crippen molar-refractivity contribution in [2.75, 3.05) is 13.1 Å². The van der Waals surface area contributed by atoms with E-state index in [9.17, 15) is 9.59 Å². The molecule has 0 saturated heterocycles. The largest absolute Gasteiger partial charge is 0.487 e. The quantitative estimate of drug-likeness (QED) is 0.554. The van der Waals surface area contributed by atoms with Crippen molar-refractivity contribution in [2.45, 2.75) is 40.8 Å². The van der Waals surface area contributed by atoms with Gasteiger partial charge in [0.15, 0.2) is 5.43 Å². The average Bonchev–Trinajstić information content (AvgIpc) is 2.77. The third kappa shape index (κ3) is 5.20. The van der Waals surface area contributed by atoms with Crippen molar-refractivity contribution in [2.24, 2.45) is 0 Å². The molecule has 2 aromatic heterocycles. The van der Waals surface area contributed by atoms with Crippen LogP contribution in [-0.4, -0.2) is 33.4 Å². The van der Waals surface area contributed by atoms with Gasteiger partial charge in [-0.05, 0) is 52.0 Å². The summed E-state index contributed by atoms with van der Waals surface area (Å²) in [6, 6.07) is 14.9. The Kier molecular flexibility index (Phi) is 7.23. The number of rotatable bonds is 8. The maximum absolute atomic E-state index is 13.3. The summed E-state index contributed by atoms with van der Waals surface area (Å²) in [5.41, 5.74) is 3.17. The number of aromatic nitrogens is 2. The van der Waals surface area contributed by atoms with Crippen LogP contribution in [0.3, 0.4) is 0 Å². The number of ether oxygens (including phenoxy) is 1. The third-order valence-corrected chi connectivity index (χ3v) is 5.33. The van der Waals surface area contributed by atoms with Crippen molar-refractivity contribution in [1.29, 1.82) is 0 Å². The molecule has 6 nitrogen and oxygen atoms in total. The molecule has 0 radical (unpaired) electrons. The Labute approximate surface area is 183 Å². The Balaban J connectivity index is 2.09. The molecule has 0 fully saturated rings. The monoisotopic (exact) mass is 419 g/mol. The predicted octanol–water partition coefficient (Wildman–Crippen LogP) is 3.97. The summed E-state index contributed by atoms with van der Waals surface area (Å²) in [4.78, 5) is 32.3. The molecule has 1 aromatic carbocycles. The van der Waals surface area contributed by atoms with E-state index < -0.39 is 0 Å². The molecule has 31 heavy (non-hydrogen) atoms. The van der Waals surface area contributed by atoms with Gasteiger partial charge in [-0.2, -0.15) is 0 Å². The van der Waals surface area contributed by atoms with E-state index in [-0.39, 0.29) is 23.5 Å². The predicted molar refractivity (Wildman–Crippen MR) is 122 cm³/mol. The van der Waals surface area contributed by atoms with Gasteiger partial charge in [0, 0.05) is 31.0 Å². The number of carbonyl (C=O) groups is 1. The molecule has 0 aliphatic carbocycles. The lowest BCUT2D eigenvalue weighted by Gasteiger charge is -2.24. The number of carbonyl (C=O) groups excluding carboxylic acids is 1. The van der Waals surface area contributed by atoms with Gasteiger partial charge in [-0.3, -0.25) is 14.6 Å². The molecule has 0 aliphatic rings. The topological polar surface area (TPSA) is 64.4 Å². The first-order valence-electron chi connectivity index (χ1n) is 10.6. The minimum absolute atomic E-state index is 0.106. The van der Waals surface area contributed by atoms with E-state index >= 15 is 0 Å². The number of hydrogen-bond donors (Lipinski definition) is 0. The van der Waals surface area contributed by atoms with Crippen LogP contribution in [0.15, 0.2) is 59.5 Å². The Morgan fingerprint density at radius 1 is 1.06 bits per heavy atom. The van der Waals surface area contributed by atoms with Crippen molar-refractivity contribution in [3.63, 3.8) is 0 Å². The van der Waals surface area contributed by atoms with Crippen LogP contribution in [0.25, 0.3) is 0 Å². The molecule has 6 heteroatoms. The van der Waals surface area contributed by atoms with Gasteiger partial charge in [-0.1, -0.05) is 23.8 Å². The molecule has 162 valence electrons. The van der Waals surface area contributed by atoms with Crippen molar-refractivity contribution < 1.29 is 9.53 Å². The van der Waals surface area contributed by atoms with Crippen LogP contribution in [0.5, 0.6) is 5.75 Å². The molecule has 3 aromatic rings. The summed E-state index contributed by atoms with van der Waals surface area (Å²) in [6.45, 7) is 9.30. The van der Waals surface area contributed by atoms with Gasteiger partial charge < -0.3 is 14.2 Å². The lowest BCUT2D eigenvalue weighted by molar-refractivity contribution is 0.0767. The number of aryl methyl sites for hydroxylation is 2. The fourth-order valence-corrected chi connectivity index (χ4v) is 3.54. The molecule has 0 saturated carbocycles. The van der Waals surface area contributed by atoms with Gasteiger partial charge in [0.05, 0.1) is 17.9 Å². The normalized spacial score (nSPS) is 10.7. The molecule has 0 N–H and O–H groups in total. The summed E-state index contributed by atoms with van der Waals surface area (Å²) < 4.78 is 7.98. The van der Waals surface area contributed by atoms with Gasteiger partial charge in [0.2, 0.25) is 0 Å². The molecule has 0 bridgehead atoms. The van der Waals surface area contributed by atoms with E-state index in [2.05, 4.69) is 4.98 Å². The van der Waals surface area contributed by atoms with Crippen LogP contribution in [0.2, 0.25) is 0 Å². The van der Waals surface area contributed by atoms with Crippen LogP contribution in [0.1, 0.15) is 46.9 Å². The Morgan fingerprint density at radius 3 is 2.39 bits per heavy atom. The SMILES string of the molecule is CCN(CC)C(=O)c1c(COc2ccc(C)cc2)n(Cc2ccccn2)c(C)cc1=O. The standard InChI is InChI=1S/C25H29N3O3/c1-5-27(6-2)25(30)24-22(17-31-21-12-10-18(3)11-13-21)28(19(4)15-23(24)29)16-20-9-7-8-14-26-20/h7-15H,5-6,16-17H2,1-4H3. The third-order valence-electron chi connectivity index (χ3n) is 5.33. The number of benzene rings is 1. The number of hydrogen-bond acceptors (Lipinski definition) is 4. The minimum Gasteiger partial charge on any atom is -0.487 e. The highest BCUT2D eigenvalue weighted by Gasteiger charge is 2.24. The summed E-state index contributed by atoms with van der Waals surface area (Å²) in [6.07, 6.45) is 1.73. The van der Waals surface area contributed by atoms with E-state index in [1.54, 1.807) is 11.1 Å². The van der Waals surface area contributed by atoms with Gasteiger partial charge in [0.25, 0.3) is 5.91 Å². The van der Waals surface area contributed by atoms with E-state index in [0.29, 0.717) is 31.1 Å². The number of nitrogens with zero attached hydrogens (tertiary/aromatic N) is 3. The highest BCUT2D eigenvalue weighted by Crippen LogP contribution is 2.18. The molecule has 1 amide bonds. The second-order valence-corrected chi connectivity index (χ2v) is 7.46. The van der Waals surface area contributed by atoms with Gasteiger partial charge in [-0.25, -0.2) is 0 Å². The van der Waals surface area contributed by atoms with E-state index in [4.69, 9.17) is 4.74 Å². The van der Waals surface area contributed by atoms with E-state index in [0.717, 1.165) is 17.0 Å². The Morgan fingerprint density at radius 2 is 1.77 bits per heavy atom. The van der Waals surface area contributed by atoms with Crippen LogP contribution in [-0.2, 0) is 13.2 Å². The molecule has 3 rings (SSSR count). The first kappa shape index (κ1) is 22.3. The Bertz CT molecular complexity index is 1090. The summed E-state index contributed by atoms with van der Waals surface area (Å²) in [5.74, 6) is 0.414. The highest BCUT2D eigenvalue weighted by atomic mass is 16.5. The summed E-state index contributed by atoms with van der Waals surface area (Å²) in [5, 5.41) is 0. The zero-order chi connectivity index (χ0) is 22.4. The van der Waals surface area contributed by atoms with Gasteiger partial charge in [-0.15, -0.1) is 0 Å². The van der Waals surface area contributed by atoms with E-state index in [1.165, 1.54) is 6.07 Å². The molecule has 0 spiro atoms. The maximum atomic E-state index is 13.3. The number of amides is 1. The minimum atomic E-state index is -0.283. The first-order chi connectivity index (χ1) is 14.9. The lowest BCUT2D eigenvalue weighted by Crippen LogP contribution is -2.37. The fourth-order valence-electron chi connectivity index (χ4n) is 3.54. The second kappa shape index (κ2) is 10.1. The molecule has 0 aliphatic heterocycles. The molecule has 0 atom stereocenters. The van der Waals surface area contributed by atoms with Crippen LogP contribution in [0.4, 0.5) is 0 Å². The van der Waals surface area contributed by atoms with Crippen molar-refractivity contribution >= 4 is 5.91 Å². The number of pyridine rings is 2. The molecular formula is C25H29N3O3. The zero-order valence-corrected chi connectivity index (χ0v) is 18.6. The Hall–Kier alpha value is -3.41. The zero-order valence-electron chi connectivity index (χ0n) is 18.6. The van der Waals surface area contributed by atoms with Crippen LogP contribution in [0, 0.1) is 13.8 Å². The second-order valence-electron chi connectivity index (χ2n) is 7.46. The van der Waals surface area contributed by atoms with Crippen LogP contribution >= 0.6 is 0 Å². The van der Waals surface area contributed by atoms with Gasteiger partial charge >= 0.3 is 0 Å². The van der Waals surface area contributed by atoms with Crippen molar-refractivity contribution in [3.05, 3.63) is 93.2 Å². The summed E-state index contributed by atoms with van der Waals surface area (Å²) in [7, 11) is 0. The van der Waals surface area contributed by atoms with Crippen molar-refractivity contribution in [1.82, 2.24) is 14.5 Å². The molecule has 0 unspecified atom stereocenters. The fraction of sp³-hybridized carbons (Fsp3) is 0.320. The summed E-state index contributed by atoms with van der Waals surface area (Å²) >= 11 is 0. The highest BCUT2D eigenvalue weighted by molar-refractivity contribution is 5.95. The van der Waals surface area contributed by atoms with E-state index in [1.807, 2.05) is 74.7 Å². The molecule has 2 heterocycles. The van der Waals surface area contributed by atoms with Crippen molar-refractivity contribution in [3.8, 4) is 5.75 Å². The first-order valence-corrected chi connectivity index (χ1v) is 10.6. The van der Waals surface area contributed by atoms with Gasteiger partial charge in [0.1, 0.15) is 17.9 Å². The average molecular weight is 420 g/mol. The maximum Gasteiger partial charge on any atom is 0.259 e.